The van der Waals surface area contributed by atoms with Crippen molar-refractivity contribution in [1.82, 2.24) is 15.2 Å². The monoisotopic (exact) mass is 435 g/mol. The number of hydrogen-bond donors (Lipinski definition) is 3. The number of rotatable bonds is 5. The van der Waals surface area contributed by atoms with E-state index in [-0.39, 0.29) is 35.3 Å². The molecule has 2 atom stereocenters. The molecule has 2 fully saturated rings. The largest absolute Gasteiger partial charge is 0.506 e. The van der Waals surface area contributed by atoms with Crippen molar-refractivity contribution in [2.24, 2.45) is 5.92 Å². The maximum Gasteiger partial charge on any atom is 0.302 e. The van der Waals surface area contributed by atoms with Crippen LogP contribution >= 0.6 is 0 Å². The highest BCUT2D eigenvalue weighted by atomic mass is 16.5. The van der Waals surface area contributed by atoms with E-state index in [1.54, 1.807) is 6.07 Å². The van der Waals surface area contributed by atoms with Gasteiger partial charge in [0.2, 0.25) is 5.89 Å². The number of oxazole rings is 1. The average molecular weight is 436 g/mol. The summed E-state index contributed by atoms with van der Waals surface area (Å²) >= 11 is 0. The summed E-state index contributed by atoms with van der Waals surface area (Å²) in [7, 11) is 0. The highest BCUT2D eigenvalue weighted by molar-refractivity contribution is 6.03. The molecule has 3 aromatic rings. The molecule has 7 heteroatoms. The van der Waals surface area contributed by atoms with Crippen LogP contribution in [0.25, 0.3) is 10.8 Å². The number of amides is 1. The van der Waals surface area contributed by atoms with E-state index in [1.807, 2.05) is 30.3 Å². The zero-order valence-electron chi connectivity index (χ0n) is 18.0. The number of likely N-dealkylation sites (tertiary alicyclic amines) is 1. The molecule has 0 unspecified atom stereocenters. The first-order chi connectivity index (χ1) is 15.6. The zero-order chi connectivity index (χ0) is 22.1. The van der Waals surface area contributed by atoms with Crippen molar-refractivity contribution in [1.29, 1.82) is 0 Å². The molecule has 0 radical (unpaired) electrons. The average Bonchev–Trinajstić information content (AvgIpc) is 3.40. The fourth-order valence-corrected chi connectivity index (χ4v) is 5.30. The SMILES string of the molecule is O=C(N[C@H]1C[C@@H](c2ncc(O)o2)N(CC2CCCCC2)C1)c1ccc2ccccc2c1O. The van der Waals surface area contributed by atoms with Gasteiger partial charge < -0.3 is 19.9 Å². The number of nitrogens with zero attached hydrogens (tertiary/aromatic N) is 2. The Balaban J connectivity index is 1.33. The lowest BCUT2D eigenvalue weighted by atomic mass is 9.89. The Hall–Kier alpha value is -3.06. The van der Waals surface area contributed by atoms with Crippen LogP contribution in [0.4, 0.5) is 0 Å². The lowest BCUT2D eigenvalue weighted by molar-refractivity contribution is 0.0934. The van der Waals surface area contributed by atoms with Crippen LogP contribution in [0.3, 0.4) is 0 Å². The molecule has 1 aliphatic carbocycles. The number of aromatic nitrogens is 1. The van der Waals surface area contributed by atoms with Crippen LogP contribution in [0.5, 0.6) is 11.7 Å². The molecule has 1 aliphatic heterocycles. The molecule has 1 aromatic heterocycles. The molecule has 0 bridgehead atoms. The van der Waals surface area contributed by atoms with Crippen LogP contribution in [-0.2, 0) is 0 Å². The van der Waals surface area contributed by atoms with Crippen molar-refractivity contribution in [2.45, 2.75) is 50.6 Å². The molecule has 1 saturated heterocycles. The van der Waals surface area contributed by atoms with Crippen LogP contribution in [0.2, 0.25) is 0 Å². The van der Waals surface area contributed by atoms with Crippen LogP contribution in [0.1, 0.15) is 60.8 Å². The molecule has 168 valence electrons. The fraction of sp³-hybridized carbons (Fsp3) is 0.440. The standard InChI is InChI=1S/C25H29N3O4/c29-22-13-26-25(32-22)21-12-18(15-28(21)14-16-6-2-1-3-7-16)27-24(31)20-11-10-17-8-4-5-9-19(17)23(20)30/h4-5,8-11,13,16,18,21,29-30H,1-3,6-7,12,14-15H2,(H,27,31)/t18-,21-/m0/s1. The summed E-state index contributed by atoms with van der Waals surface area (Å²) in [6.45, 7) is 1.62. The van der Waals surface area contributed by atoms with E-state index in [0.29, 0.717) is 30.2 Å². The van der Waals surface area contributed by atoms with Crippen LogP contribution in [-0.4, -0.2) is 45.1 Å². The first-order valence-corrected chi connectivity index (χ1v) is 11.5. The molecule has 2 aliphatic rings. The lowest BCUT2D eigenvalue weighted by Crippen LogP contribution is -2.38. The van der Waals surface area contributed by atoms with Crippen LogP contribution in [0.15, 0.2) is 47.0 Å². The van der Waals surface area contributed by atoms with Crippen molar-refractivity contribution in [3.8, 4) is 11.7 Å². The van der Waals surface area contributed by atoms with Gasteiger partial charge >= 0.3 is 5.95 Å². The van der Waals surface area contributed by atoms with Crippen molar-refractivity contribution in [3.05, 3.63) is 54.0 Å². The van der Waals surface area contributed by atoms with Crippen molar-refractivity contribution in [3.63, 3.8) is 0 Å². The number of phenolic OH excluding ortho intramolecular Hbond substituents is 1. The highest BCUT2D eigenvalue weighted by Crippen LogP contribution is 2.36. The molecule has 5 rings (SSSR count). The summed E-state index contributed by atoms with van der Waals surface area (Å²) in [4.78, 5) is 19.6. The number of phenols is 1. The molecule has 32 heavy (non-hydrogen) atoms. The highest BCUT2D eigenvalue weighted by Gasteiger charge is 2.38. The van der Waals surface area contributed by atoms with Gasteiger partial charge in [-0.25, -0.2) is 4.98 Å². The number of benzene rings is 2. The van der Waals surface area contributed by atoms with Crippen molar-refractivity contribution < 1.29 is 19.4 Å². The Labute approximate surface area is 187 Å². The predicted molar refractivity (Wildman–Crippen MR) is 121 cm³/mol. The third-order valence-electron chi connectivity index (χ3n) is 6.90. The predicted octanol–water partition coefficient (Wildman–Crippen LogP) is 4.36. The third-order valence-corrected chi connectivity index (χ3v) is 6.90. The second-order valence-electron chi connectivity index (χ2n) is 9.10. The summed E-state index contributed by atoms with van der Waals surface area (Å²) in [5.41, 5.74) is 0.278. The van der Waals surface area contributed by atoms with E-state index in [9.17, 15) is 15.0 Å². The first kappa shape index (κ1) is 20.8. The first-order valence-electron chi connectivity index (χ1n) is 11.5. The molecular formula is C25H29N3O4. The number of nitrogens with one attached hydrogen (secondary N) is 1. The topological polar surface area (TPSA) is 98.8 Å². The maximum atomic E-state index is 13.0. The van der Waals surface area contributed by atoms with Crippen LogP contribution < -0.4 is 5.32 Å². The molecule has 2 aromatic carbocycles. The smallest absolute Gasteiger partial charge is 0.302 e. The maximum absolute atomic E-state index is 13.0. The van der Waals surface area contributed by atoms with E-state index >= 15 is 0 Å². The van der Waals surface area contributed by atoms with E-state index in [0.717, 1.165) is 11.9 Å². The van der Waals surface area contributed by atoms with Gasteiger partial charge in [-0.05, 0) is 36.6 Å². The normalized spacial score (nSPS) is 22.4. The summed E-state index contributed by atoms with van der Waals surface area (Å²) in [6, 6.07) is 10.8. The van der Waals surface area contributed by atoms with Crippen molar-refractivity contribution >= 4 is 16.7 Å². The summed E-state index contributed by atoms with van der Waals surface area (Å²) in [5, 5.41) is 25.0. The minimum atomic E-state index is -0.285. The number of carbonyl (C=O) groups excluding carboxylic acids is 1. The fourth-order valence-electron chi connectivity index (χ4n) is 5.30. The van der Waals surface area contributed by atoms with E-state index in [2.05, 4.69) is 15.2 Å². The van der Waals surface area contributed by atoms with Gasteiger partial charge in [0.1, 0.15) is 11.9 Å². The number of hydrogen-bond acceptors (Lipinski definition) is 6. The van der Waals surface area contributed by atoms with Crippen molar-refractivity contribution in [2.75, 3.05) is 13.1 Å². The molecule has 1 amide bonds. The van der Waals surface area contributed by atoms with Gasteiger partial charge in [-0.3, -0.25) is 9.69 Å². The number of carbonyl (C=O) groups is 1. The minimum Gasteiger partial charge on any atom is -0.506 e. The second-order valence-corrected chi connectivity index (χ2v) is 9.10. The number of fused-ring (bicyclic) bond motifs is 1. The minimum absolute atomic E-state index is 0.00633. The second kappa shape index (κ2) is 8.82. The number of aromatic hydroxyl groups is 2. The molecular weight excluding hydrogens is 406 g/mol. The summed E-state index contributed by atoms with van der Waals surface area (Å²) < 4.78 is 5.44. The van der Waals surface area contributed by atoms with Gasteiger partial charge in [0.05, 0.1) is 11.6 Å². The van der Waals surface area contributed by atoms with E-state index in [4.69, 9.17) is 4.42 Å². The van der Waals surface area contributed by atoms with Crippen LogP contribution in [0, 0.1) is 5.92 Å². The Morgan fingerprint density at radius 3 is 2.72 bits per heavy atom. The zero-order valence-corrected chi connectivity index (χ0v) is 18.0. The quantitative estimate of drug-likeness (QED) is 0.551. The molecule has 3 N–H and O–H groups in total. The van der Waals surface area contributed by atoms with Gasteiger partial charge in [-0.1, -0.05) is 49.6 Å². The van der Waals surface area contributed by atoms with Gasteiger partial charge in [0.25, 0.3) is 5.91 Å². The van der Waals surface area contributed by atoms with Gasteiger partial charge in [0.15, 0.2) is 0 Å². The lowest BCUT2D eigenvalue weighted by Gasteiger charge is -2.29. The summed E-state index contributed by atoms with van der Waals surface area (Å²) in [5.74, 6) is 0.655. The Kier molecular flexibility index (Phi) is 5.74. The summed E-state index contributed by atoms with van der Waals surface area (Å²) in [6.07, 6.45) is 8.26. The van der Waals surface area contributed by atoms with Gasteiger partial charge in [-0.15, -0.1) is 0 Å². The van der Waals surface area contributed by atoms with Gasteiger partial charge in [0, 0.05) is 24.5 Å². The molecule has 1 saturated carbocycles. The Morgan fingerprint density at radius 2 is 1.94 bits per heavy atom. The van der Waals surface area contributed by atoms with Gasteiger partial charge in [-0.2, -0.15) is 0 Å². The Morgan fingerprint density at radius 1 is 1.12 bits per heavy atom. The Bertz CT molecular complexity index is 1110. The van der Waals surface area contributed by atoms with E-state index < -0.39 is 0 Å². The van der Waals surface area contributed by atoms with E-state index in [1.165, 1.54) is 38.3 Å². The molecule has 7 nitrogen and oxygen atoms in total. The molecule has 0 spiro atoms. The third kappa shape index (κ3) is 4.17. The molecule has 2 heterocycles.